The average Bonchev–Trinajstić information content (AvgIpc) is 3.20. The summed E-state index contributed by atoms with van der Waals surface area (Å²) < 4.78 is 5.12. The molecule has 1 fully saturated rings. The molecule has 0 radical (unpaired) electrons. The van der Waals surface area contributed by atoms with Crippen molar-refractivity contribution in [3.8, 4) is 0 Å². The smallest absolute Gasteiger partial charge is 0.136 e. The van der Waals surface area contributed by atoms with Gasteiger partial charge < -0.3 is 15.4 Å². The minimum atomic E-state index is 0.465. The highest BCUT2D eigenvalue weighted by Gasteiger charge is 2.27. The fraction of sp³-hybridized carbons (Fsp3) is 0.692. The van der Waals surface area contributed by atoms with Crippen LogP contribution in [-0.4, -0.2) is 37.3 Å². The van der Waals surface area contributed by atoms with Crippen molar-refractivity contribution in [1.82, 2.24) is 9.97 Å². The molecule has 1 aromatic rings. The molecule has 2 N–H and O–H groups in total. The predicted octanol–water partition coefficient (Wildman–Crippen LogP) is 2.09. The molecule has 0 aromatic carbocycles. The van der Waals surface area contributed by atoms with E-state index in [0.717, 1.165) is 30.6 Å². The molecule has 0 saturated heterocycles. The van der Waals surface area contributed by atoms with Gasteiger partial charge in [0.15, 0.2) is 0 Å². The molecule has 5 heteroatoms. The summed E-state index contributed by atoms with van der Waals surface area (Å²) in [5, 5.41) is 6.44. The molecule has 1 atom stereocenters. The number of aromatic nitrogens is 2. The number of anilines is 2. The van der Waals surface area contributed by atoms with Crippen LogP contribution in [0.15, 0.2) is 6.07 Å². The highest BCUT2D eigenvalue weighted by atomic mass is 16.5. The lowest BCUT2D eigenvalue weighted by Gasteiger charge is -2.13. The van der Waals surface area contributed by atoms with Crippen molar-refractivity contribution < 1.29 is 4.74 Å². The second-order valence-electron chi connectivity index (χ2n) is 4.96. The molecule has 18 heavy (non-hydrogen) atoms. The number of ether oxygens (including phenoxy) is 1. The number of nitrogens with one attached hydrogen (secondary N) is 2. The van der Waals surface area contributed by atoms with E-state index in [1.807, 2.05) is 13.1 Å². The van der Waals surface area contributed by atoms with Crippen molar-refractivity contribution in [3.63, 3.8) is 0 Å². The van der Waals surface area contributed by atoms with E-state index in [0.29, 0.717) is 11.8 Å². The van der Waals surface area contributed by atoms with E-state index < -0.39 is 0 Å². The van der Waals surface area contributed by atoms with Gasteiger partial charge in [0.1, 0.15) is 17.5 Å². The third-order valence-electron chi connectivity index (χ3n) is 3.02. The fourth-order valence-corrected chi connectivity index (χ4v) is 1.83. The molecule has 2 rings (SSSR count). The molecular formula is C13H22N4O. The van der Waals surface area contributed by atoms with Gasteiger partial charge in [0, 0.05) is 32.7 Å². The Hall–Kier alpha value is -1.36. The Bertz CT molecular complexity index is 393. The highest BCUT2D eigenvalue weighted by Crippen LogP contribution is 2.38. The Labute approximate surface area is 108 Å². The second kappa shape index (κ2) is 6.00. The van der Waals surface area contributed by atoms with Gasteiger partial charge in [-0.05, 0) is 18.8 Å². The molecule has 1 saturated carbocycles. The summed E-state index contributed by atoms with van der Waals surface area (Å²) in [6.07, 6.45) is 2.43. The maximum Gasteiger partial charge on any atom is 0.136 e. The van der Waals surface area contributed by atoms with Gasteiger partial charge in [-0.1, -0.05) is 6.92 Å². The van der Waals surface area contributed by atoms with Gasteiger partial charge >= 0.3 is 0 Å². The molecule has 5 nitrogen and oxygen atoms in total. The van der Waals surface area contributed by atoms with E-state index in [4.69, 9.17) is 4.74 Å². The summed E-state index contributed by atoms with van der Waals surface area (Å²) in [7, 11) is 3.61. The van der Waals surface area contributed by atoms with E-state index in [1.165, 1.54) is 12.8 Å². The van der Waals surface area contributed by atoms with Crippen molar-refractivity contribution in [2.45, 2.75) is 25.7 Å². The number of hydrogen-bond donors (Lipinski definition) is 2. The van der Waals surface area contributed by atoms with Crippen LogP contribution in [0.4, 0.5) is 11.6 Å². The fourth-order valence-electron chi connectivity index (χ4n) is 1.83. The Morgan fingerprint density at radius 2 is 2.11 bits per heavy atom. The van der Waals surface area contributed by atoms with Crippen LogP contribution in [0, 0.1) is 5.92 Å². The highest BCUT2D eigenvalue weighted by molar-refractivity contribution is 5.47. The van der Waals surface area contributed by atoms with Crippen LogP contribution < -0.4 is 10.6 Å². The summed E-state index contributed by atoms with van der Waals surface area (Å²) in [5.41, 5.74) is 0. The monoisotopic (exact) mass is 250 g/mol. The maximum absolute atomic E-state index is 5.12. The lowest BCUT2D eigenvalue weighted by Crippen LogP contribution is -2.17. The van der Waals surface area contributed by atoms with Crippen LogP contribution in [-0.2, 0) is 4.74 Å². The van der Waals surface area contributed by atoms with E-state index in [9.17, 15) is 0 Å². The zero-order valence-electron chi connectivity index (χ0n) is 11.4. The second-order valence-corrected chi connectivity index (χ2v) is 4.96. The number of nitrogens with zero attached hydrogens (tertiary/aromatic N) is 2. The first-order valence-electron chi connectivity index (χ1n) is 6.52. The summed E-state index contributed by atoms with van der Waals surface area (Å²) >= 11 is 0. The summed E-state index contributed by atoms with van der Waals surface area (Å²) in [4.78, 5) is 9.06. The number of methoxy groups -OCH3 is 1. The molecule has 100 valence electrons. The van der Waals surface area contributed by atoms with Crippen molar-refractivity contribution >= 4 is 11.6 Å². The first-order chi connectivity index (χ1) is 8.72. The Kier molecular flexibility index (Phi) is 4.36. The van der Waals surface area contributed by atoms with Gasteiger partial charge in [-0.3, -0.25) is 0 Å². The van der Waals surface area contributed by atoms with Crippen molar-refractivity contribution in [2.24, 2.45) is 5.92 Å². The van der Waals surface area contributed by atoms with Crippen LogP contribution in [0.5, 0.6) is 0 Å². The van der Waals surface area contributed by atoms with E-state index in [2.05, 4.69) is 27.5 Å². The summed E-state index contributed by atoms with van der Waals surface area (Å²) in [5.74, 6) is 3.78. The van der Waals surface area contributed by atoms with Gasteiger partial charge in [0.05, 0.1) is 6.61 Å². The third-order valence-corrected chi connectivity index (χ3v) is 3.02. The first kappa shape index (κ1) is 13.1. The van der Waals surface area contributed by atoms with Crippen LogP contribution in [0.3, 0.4) is 0 Å². The van der Waals surface area contributed by atoms with Crippen molar-refractivity contribution in [3.05, 3.63) is 11.9 Å². The molecule has 1 heterocycles. The molecule has 1 unspecified atom stereocenters. The van der Waals surface area contributed by atoms with Crippen LogP contribution >= 0.6 is 0 Å². The molecule has 0 amide bonds. The predicted molar refractivity (Wildman–Crippen MR) is 73.1 cm³/mol. The third kappa shape index (κ3) is 3.57. The molecule has 1 aliphatic carbocycles. The normalized spacial score (nSPS) is 16.4. The summed E-state index contributed by atoms with van der Waals surface area (Å²) in [6.45, 7) is 3.77. The average molecular weight is 250 g/mol. The maximum atomic E-state index is 5.12. The van der Waals surface area contributed by atoms with Gasteiger partial charge in [0.25, 0.3) is 0 Å². The quantitative estimate of drug-likeness (QED) is 0.776. The Morgan fingerprint density at radius 3 is 2.72 bits per heavy atom. The first-order valence-corrected chi connectivity index (χ1v) is 6.52. The Morgan fingerprint density at radius 1 is 1.39 bits per heavy atom. The zero-order chi connectivity index (χ0) is 13.0. The van der Waals surface area contributed by atoms with E-state index in [-0.39, 0.29) is 0 Å². The molecule has 1 aromatic heterocycles. The molecule has 1 aliphatic rings. The molecule has 0 bridgehead atoms. The molecule has 0 aliphatic heterocycles. The zero-order valence-corrected chi connectivity index (χ0v) is 11.4. The number of rotatable bonds is 7. The van der Waals surface area contributed by atoms with Gasteiger partial charge in [-0.25, -0.2) is 9.97 Å². The van der Waals surface area contributed by atoms with Gasteiger partial charge in [-0.2, -0.15) is 0 Å². The number of hydrogen-bond acceptors (Lipinski definition) is 5. The minimum absolute atomic E-state index is 0.465. The van der Waals surface area contributed by atoms with Gasteiger partial charge in [0.2, 0.25) is 0 Å². The SMILES string of the molecule is CNc1cc(NCC(C)COC)nc(C2CC2)n1. The molecule has 0 spiro atoms. The lowest BCUT2D eigenvalue weighted by molar-refractivity contribution is 0.164. The standard InChI is InChI=1S/C13H22N4O/c1-9(8-18-3)7-15-12-6-11(14-2)16-13(17-12)10-4-5-10/h6,9-10H,4-5,7-8H2,1-3H3,(H2,14,15,16,17). The summed E-state index contributed by atoms with van der Waals surface area (Å²) in [6, 6.07) is 1.95. The van der Waals surface area contributed by atoms with Crippen molar-refractivity contribution in [1.29, 1.82) is 0 Å². The Balaban J connectivity index is 2.00. The molecular weight excluding hydrogens is 228 g/mol. The van der Waals surface area contributed by atoms with Crippen LogP contribution in [0.1, 0.15) is 31.5 Å². The van der Waals surface area contributed by atoms with Gasteiger partial charge in [-0.15, -0.1) is 0 Å². The largest absolute Gasteiger partial charge is 0.384 e. The topological polar surface area (TPSA) is 59.1 Å². The van der Waals surface area contributed by atoms with E-state index >= 15 is 0 Å². The van der Waals surface area contributed by atoms with Crippen LogP contribution in [0.25, 0.3) is 0 Å². The van der Waals surface area contributed by atoms with Crippen LogP contribution in [0.2, 0.25) is 0 Å². The van der Waals surface area contributed by atoms with E-state index in [1.54, 1.807) is 7.11 Å². The van der Waals surface area contributed by atoms with Crippen molar-refractivity contribution in [2.75, 3.05) is 37.9 Å². The lowest BCUT2D eigenvalue weighted by atomic mass is 10.2. The minimum Gasteiger partial charge on any atom is -0.384 e.